The van der Waals surface area contributed by atoms with Gasteiger partial charge < -0.3 is 16.0 Å². The summed E-state index contributed by atoms with van der Waals surface area (Å²) in [4.78, 5) is 25.8. The highest BCUT2D eigenvalue weighted by atomic mass is 16.2. The van der Waals surface area contributed by atoms with E-state index in [0.29, 0.717) is 6.54 Å². The zero-order valence-electron chi connectivity index (χ0n) is 13.9. The topological polar surface area (TPSA) is 75.4 Å². The highest BCUT2D eigenvalue weighted by Gasteiger charge is 2.28. The summed E-state index contributed by atoms with van der Waals surface area (Å²) in [6, 6.07) is 8.31. The number of benzene rings is 1. The van der Waals surface area contributed by atoms with Crippen molar-refractivity contribution in [3.63, 3.8) is 0 Å². The summed E-state index contributed by atoms with van der Waals surface area (Å²) >= 11 is 0. The fraction of sp³-hybridized carbons (Fsp3) is 0.474. The molecule has 0 atom stereocenters. The predicted octanol–water partition coefficient (Wildman–Crippen LogP) is 1.97. The number of hydrogen-bond acceptors (Lipinski definition) is 3. The Morgan fingerprint density at radius 2 is 1.75 bits per heavy atom. The fourth-order valence-electron chi connectivity index (χ4n) is 3.53. The molecule has 1 fully saturated rings. The third-order valence-corrected chi connectivity index (χ3v) is 5.06. The molecule has 1 aromatic rings. The SMILES string of the molecule is NC(=O)C1CCC(C(=O)NCc2cccc(N3CC=CC3)c2)CC1. The van der Waals surface area contributed by atoms with Gasteiger partial charge in [0, 0.05) is 37.2 Å². The van der Waals surface area contributed by atoms with E-state index in [4.69, 9.17) is 5.73 Å². The molecule has 3 N–H and O–H groups in total. The molecular formula is C19H25N3O2. The van der Waals surface area contributed by atoms with E-state index < -0.39 is 0 Å². The predicted molar refractivity (Wildman–Crippen MR) is 94.3 cm³/mol. The molecule has 2 amide bonds. The van der Waals surface area contributed by atoms with E-state index in [2.05, 4.69) is 34.5 Å². The second-order valence-electron chi connectivity index (χ2n) is 6.72. The number of hydrogen-bond donors (Lipinski definition) is 2. The quantitative estimate of drug-likeness (QED) is 0.812. The van der Waals surface area contributed by atoms with Gasteiger partial charge in [0.25, 0.3) is 0 Å². The molecule has 1 aliphatic heterocycles. The van der Waals surface area contributed by atoms with Gasteiger partial charge >= 0.3 is 0 Å². The Hall–Kier alpha value is -2.30. The standard InChI is InChI=1S/C19H25N3O2/c20-18(23)15-6-8-16(9-7-15)19(24)21-13-14-4-3-5-17(12-14)22-10-1-2-11-22/h1-5,12,15-16H,6-11,13H2,(H2,20,23)(H,21,24). The summed E-state index contributed by atoms with van der Waals surface area (Å²) < 4.78 is 0. The van der Waals surface area contributed by atoms with Gasteiger partial charge in [0.1, 0.15) is 0 Å². The van der Waals surface area contributed by atoms with Crippen LogP contribution in [0.25, 0.3) is 0 Å². The molecule has 0 bridgehead atoms. The number of amides is 2. The van der Waals surface area contributed by atoms with E-state index in [1.165, 1.54) is 5.69 Å². The van der Waals surface area contributed by atoms with Crippen LogP contribution in [0.15, 0.2) is 36.4 Å². The van der Waals surface area contributed by atoms with Gasteiger partial charge in [0.05, 0.1) is 0 Å². The van der Waals surface area contributed by atoms with Crippen molar-refractivity contribution in [2.45, 2.75) is 32.2 Å². The molecule has 5 nitrogen and oxygen atoms in total. The van der Waals surface area contributed by atoms with Crippen molar-refractivity contribution in [3.8, 4) is 0 Å². The minimum Gasteiger partial charge on any atom is -0.369 e. The monoisotopic (exact) mass is 327 g/mol. The van der Waals surface area contributed by atoms with Crippen LogP contribution in [0.2, 0.25) is 0 Å². The number of nitrogens with one attached hydrogen (secondary N) is 1. The Morgan fingerprint density at radius 1 is 1.08 bits per heavy atom. The van der Waals surface area contributed by atoms with E-state index in [0.717, 1.165) is 44.3 Å². The zero-order chi connectivity index (χ0) is 16.9. The maximum absolute atomic E-state index is 12.3. The lowest BCUT2D eigenvalue weighted by atomic mass is 9.81. The fourth-order valence-corrected chi connectivity index (χ4v) is 3.53. The van der Waals surface area contributed by atoms with Crippen LogP contribution in [0.4, 0.5) is 5.69 Å². The van der Waals surface area contributed by atoms with Gasteiger partial charge in [-0.3, -0.25) is 9.59 Å². The van der Waals surface area contributed by atoms with Crippen LogP contribution in [-0.4, -0.2) is 24.9 Å². The lowest BCUT2D eigenvalue weighted by molar-refractivity contribution is -0.129. The van der Waals surface area contributed by atoms with Gasteiger partial charge in [-0.15, -0.1) is 0 Å². The Kier molecular flexibility index (Phi) is 5.18. The molecule has 1 aliphatic carbocycles. The van der Waals surface area contributed by atoms with Crippen molar-refractivity contribution < 1.29 is 9.59 Å². The first-order valence-electron chi connectivity index (χ1n) is 8.69. The highest BCUT2D eigenvalue weighted by Crippen LogP contribution is 2.28. The third kappa shape index (κ3) is 3.96. The molecule has 2 aliphatic rings. The summed E-state index contributed by atoms with van der Waals surface area (Å²) in [5.74, 6) is -0.195. The van der Waals surface area contributed by atoms with Crippen LogP contribution in [0.5, 0.6) is 0 Å². The second kappa shape index (κ2) is 7.51. The largest absolute Gasteiger partial charge is 0.369 e. The number of carbonyl (C=O) groups excluding carboxylic acids is 2. The average molecular weight is 327 g/mol. The van der Waals surface area contributed by atoms with E-state index in [1.54, 1.807) is 0 Å². The first-order chi connectivity index (χ1) is 11.6. The van der Waals surface area contributed by atoms with Crippen molar-refractivity contribution >= 4 is 17.5 Å². The Bertz CT molecular complexity index is 625. The van der Waals surface area contributed by atoms with E-state index in [-0.39, 0.29) is 23.7 Å². The Balaban J connectivity index is 1.50. The number of nitrogens with zero attached hydrogens (tertiary/aromatic N) is 1. The van der Waals surface area contributed by atoms with E-state index in [1.807, 2.05) is 12.1 Å². The van der Waals surface area contributed by atoms with Gasteiger partial charge in [0.15, 0.2) is 0 Å². The minimum absolute atomic E-state index is 0.00608. The smallest absolute Gasteiger partial charge is 0.223 e. The maximum Gasteiger partial charge on any atom is 0.223 e. The normalized spacial score (nSPS) is 23.2. The number of carbonyl (C=O) groups is 2. The van der Waals surface area contributed by atoms with Crippen molar-refractivity contribution in [2.75, 3.05) is 18.0 Å². The number of anilines is 1. The van der Waals surface area contributed by atoms with Crippen molar-refractivity contribution in [1.82, 2.24) is 5.32 Å². The molecule has 0 radical (unpaired) electrons. The van der Waals surface area contributed by atoms with Gasteiger partial charge in [-0.2, -0.15) is 0 Å². The summed E-state index contributed by atoms with van der Waals surface area (Å²) in [5, 5.41) is 3.04. The van der Waals surface area contributed by atoms with Crippen molar-refractivity contribution in [1.29, 1.82) is 0 Å². The average Bonchev–Trinajstić information content (AvgIpc) is 3.15. The molecule has 1 aromatic carbocycles. The second-order valence-corrected chi connectivity index (χ2v) is 6.72. The first kappa shape index (κ1) is 16.6. The first-order valence-corrected chi connectivity index (χ1v) is 8.69. The zero-order valence-corrected chi connectivity index (χ0v) is 13.9. The molecule has 0 saturated heterocycles. The summed E-state index contributed by atoms with van der Waals surface area (Å²) in [7, 11) is 0. The molecule has 128 valence electrons. The maximum atomic E-state index is 12.3. The number of nitrogens with two attached hydrogens (primary N) is 1. The molecular weight excluding hydrogens is 302 g/mol. The lowest BCUT2D eigenvalue weighted by Crippen LogP contribution is -2.35. The Morgan fingerprint density at radius 3 is 2.42 bits per heavy atom. The molecule has 24 heavy (non-hydrogen) atoms. The summed E-state index contributed by atoms with van der Waals surface area (Å²) in [6.07, 6.45) is 7.28. The molecule has 1 heterocycles. The number of primary amides is 1. The molecule has 3 rings (SSSR count). The van der Waals surface area contributed by atoms with Crippen molar-refractivity contribution in [2.24, 2.45) is 17.6 Å². The molecule has 0 aromatic heterocycles. The van der Waals surface area contributed by atoms with Crippen molar-refractivity contribution in [3.05, 3.63) is 42.0 Å². The summed E-state index contributed by atoms with van der Waals surface area (Å²) in [6.45, 7) is 2.43. The molecule has 0 spiro atoms. The van der Waals surface area contributed by atoms with Gasteiger partial charge in [0.2, 0.25) is 11.8 Å². The van der Waals surface area contributed by atoms with E-state index >= 15 is 0 Å². The van der Waals surface area contributed by atoms with Crippen LogP contribution in [0.3, 0.4) is 0 Å². The Labute approximate surface area is 142 Å². The molecule has 1 saturated carbocycles. The van der Waals surface area contributed by atoms with Gasteiger partial charge in [-0.25, -0.2) is 0 Å². The van der Waals surface area contributed by atoms with Crippen LogP contribution >= 0.6 is 0 Å². The number of rotatable bonds is 5. The lowest BCUT2D eigenvalue weighted by Gasteiger charge is -2.25. The van der Waals surface area contributed by atoms with Crippen LogP contribution in [0.1, 0.15) is 31.2 Å². The highest BCUT2D eigenvalue weighted by molar-refractivity contribution is 5.80. The van der Waals surface area contributed by atoms with Gasteiger partial charge in [-0.05, 0) is 43.4 Å². The minimum atomic E-state index is -0.234. The van der Waals surface area contributed by atoms with Crippen LogP contribution < -0.4 is 16.0 Å². The third-order valence-electron chi connectivity index (χ3n) is 5.06. The van der Waals surface area contributed by atoms with E-state index in [9.17, 15) is 9.59 Å². The van der Waals surface area contributed by atoms with Crippen LogP contribution in [-0.2, 0) is 16.1 Å². The summed E-state index contributed by atoms with van der Waals surface area (Å²) in [5.41, 5.74) is 7.64. The molecule has 5 heteroatoms. The van der Waals surface area contributed by atoms with Crippen LogP contribution in [0, 0.1) is 11.8 Å². The van der Waals surface area contributed by atoms with Gasteiger partial charge in [-0.1, -0.05) is 24.3 Å². The molecule has 0 unspecified atom stereocenters.